The van der Waals surface area contributed by atoms with Crippen molar-refractivity contribution in [2.75, 3.05) is 6.61 Å². The molecule has 1 amide bonds. The van der Waals surface area contributed by atoms with Crippen molar-refractivity contribution < 1.29 is 9.53 Å². The van der Waals surface area contributed by atoms with Gasteiger partial charge in [-0.15, -0.1) is 21.5 Å². The molecule has 2 fully saturated rings. The highest BCUT2D eigenvalue weighted by molar-refractivity contribution is 7.11. The van der Waals surface area contributed by atoms with E-state index in [2.05, 4.69) is 50.1 Å². The Balaban J connectivity index is 1.46. The van der Waals surface area contributed by atoms with Crippen LogP contribution in [-0.2, 0) is 21.4 Å². The van der Waals surface area contributed by atoms with Gasteiger partial charge in [-0.3, -0.25) is 4.79 Å². The van der Waals surface area contributed by atoms with Crippen LogP contribution in [0.1, 0.15) is 103 Å². The van der Waals surface area contributed by atoms with Crippen LogP contribution in [0.25, 0.3) is 0 Å². The zero-order chi connectivity index (χ0) is 22.0. The molecular weight excluding hydrogens is 394 g/mol. The highest BCUT2D eigenvalue weighted by Crippen LogP contribution is 2.45. The maximum atomic E-state index is 11.5. The first-order chi connectivity index (χ1) is 14.1. The summed E-state index contributed by atoms with van der Waals surface area (Å²) in [7, 11) is 0. The molecule has 1 heterocycles. The average molecular weight is 436 g/mol. The van der Waals surface area contributed by atoms with E-state index in [-0.39, 0.29) is 22.5 Å². The number of hydrogen-bond donors (Lipinski definition) is 1. The van der Waals surface area contributed by atoms with E-state index in [1.54, 1.807) is 18.3 Å². The Morgan fingerprint density at radius 2 is 1.77 bits per heavy atom. The number of nitrogens with zero attached hydrogens (tertiary/aromatic N) is 2. The minimum Gasteiger partial charge on any atom is -0.375 e. The van der Waals surface area contributed by atoms with Crippen molar-refractivity contribution >= 4 is 17.2 Å². The minimum atomic E-state index is -0.0228. The molecule has 30 heavy (non-hydrogen) atoms. The topological polar surface area (TPSA) is 64.1 Å². The van der Waals surface area contributed by atoms with Crippen LogP contribution >= 0.6 is 11.3 Å². The third-order valence-electron chi connectivity index (χ3n) is 7.81. The Kier molecular flexibility index (Phi) is 7.28. The summed E-state index contributed by atoms with van der Waals surface area (Å²) in [5.41, 5.74) is 0.105. The van der Waals surface area contributed by atoms with E-state index >= 15 is 0 Å². The number of aromatic nitrogens is 2. The van der Waals surface area contributed by atoms with Crippen LogP contribution in [-0.4, -0.2) is 33.9 Å². The molecule has 5 nitrogen and oxygen atoms in total. The Morgan fingerprint density at radius 1 is 1.13 bits per heavy atom. The number of amides is 1. The zero-order valence-electron chi connectivity index (χ0n) is 19.8. The van der Waals surface area contributed by atoms with Gasteiger partial charge in [0.1, 0.15) is 10.0 Å². The smallest absolute Gasteiger partial charge is 0.217 e. The van der Waals surface area contributed by atoms with Gasteiger partial charge in [-0.1, -0.05) is 20.8 Å². The van der Waals surface area contributed by atoms with Crippen LogP contribution in [0, 0.1) is 11.8 Å². The van der Waals surface area contributed by atoms with Crippen molar-refractivity contribution in [1.82, 2.24) is 15.5 Å². The molecule has 3 rings (SSSR count). The summed E-state index contributed by atoms with van der Waals surface area (Å²) in [6.45, 7) is 13.8. The van der Waals surface area contributed by atoms with Crippen molar-refractivity contribution in [3.63, 3.8) is 0 Å². The van der Waals surface area contributed by atoms with Crippen molar-refractivity contribution in [3.05, 3.63) is 10.0 Å². The molecule has 0 aromatic carbocycles. The van der Waals surface area contributed by atoms with Gasteiger partial charge in [0.25, 0.3) is 0 Å². The predicted octanol–water partition coefficient (Wildman–Crippen LogP) is 5.43. The fourth-order valence-electron chi connectivity index (χ4n) is 5.19. The molecule has 6 heteroatoms. The number of hydrogen-bond acceptors (Lipinski definition) is 5. The normalized spacial score (nSPS) is 35.7. The molecule has 2 aliphatic rings. The highest BCUT2D eigenvalue weighted by atomic mass is 32.1. The molecule has 0 aliphatic heterocycles. The van der Waals surface area contributed by atoms with Crippen molar-refractivity contribution in [2.45, 2.75) is 116 Å². The first-order valence-electron chi connectivity index (χ1n) is 11.8. The second-order valence-electron chi connectivity index (χ2n) is 10.7. The SMILES string of the molecule is CCc1nnc(C2(C)CCC(C)(OCC(C)[C@H]3CC[C@@](C)(NC(C)=O)CC3)CC2)s1. The number of carbonyl (C=O) groups excluding carboxylic acids is 1. The summed E-state index contributed by atoms with van der Waals surface area (Å²) in [5.74, 6) is 1.34. The van der Waals surface area contributed by atoms with E-state index < -0.39 is 0 Å². The van der Waals surface area contributed by atoms with E-state index in [0.29, 0.717) is 11.8 Å². The van der Waals surface area contributed by atoms with E-state index in [1.165, 1.54) is 17.8 Å². The molecule has 1 N–H and O–H groups in total. The summed E-state index contributed by atoms with van der Waals surface area (Å²) in [4.78, 5) is 11.5. The van der Waals surface area contributed by atoms with Gasteiger partial charge in [-0.05, 0) is 83.5 Å². The summed E-state index contributed by atoms with van der Waals surface area (Å²) in [5, 5.41) is 14.3. The lowest BCUT2D eigenvalue weighted by molar-refractivity contribution is -0.121. The van der Waals surface area contributed by atoms with Crippen molar-refractivity contribution in [1.29, 1.82) is 0 Å². The fourth-order valence-corrected chi connectivity index (χ4v) is 6.18. The third kappa shape index (κ3) is 5.61. The highest BCUT2D eigenvalue weighted by Gasteiger charge is 2.42. The molecule has 1 atom stereocenters. The van der Waals surface area contributed by atoms with E-state index in [9.17, 15) is 4.79 Å². The van der Waals surface area contributed by atoms with Crippen LogP contribution < -0.4 is 5.32 Å². The van der Waals surface area contributed by atoms with Crippen molar-refractivity contribution in [2.24, 2.45) is 11.8 Å². The molecule has 0 saturated heterocycles. The van der Waals surface area contributed by atoms with Crippen LogP contribution in [0.3, 0.4) is 0 Å². The lowest BCUT2D eigenvalue weighted by Gasteiger charge is -2.43. The van der Waals surface area contributed by atoms with E-state index in [1.807, 2.05) is 0 Å². The quantitative estimate of drug-likeness (QED) is 0.620. The molecule has 0 bridgehead atoms. The van der Waals surface area contributed by atoms with Crippen LogP contribution in [0.4, 0.5) is 0 Å². The maximum absolute atomic E-state index is 11.5. The van der Waals surface area contributed by atoms with Gasteiger partial charge < -0.3 is 10.1 Å². The van der Waals surface area contributed by atoms with Crippen molar-refractivity contribution in [3.8, 4) is 0 Å². The summed E-state index contributed by atoms with van der Waals surface area (Å²) in [6, 6.07) is 0. The molecule has 0 radical (unpaired) electrons. The molecule has 170 valence electrons. The molecule has 2 saturated carbocycles. The lowest BCUT2D eigenvalue weighted by Crippen LogP contribution is -2.48. The molecule has 1 aromatic heterocycles. The van der Waals surface area contributed by atoms with E-state index in [4.69, 9.17) is 4.74 Å². The van der Waals surface area contributed by atoms with Crippen LogP contribution in [0.2, 0.25) is 0 Å². The Bertz CT molecular complexity index is 716. The summed E-state index contributed by atoms with van der Waals surface area (Å²) in [6.07, 6.45) is 9.86. The standard InChI is InChI=1S/C24H41N3O2S/c1-7-20-26-27-21(30-20)22(4)12-14-24(6,15-13-22)29-16-17(2)19-8-10-23(5,11-9-19)25-18(3)28/h17,19H,7-16H2,1-6H3,(H,25,28)/t17?,19-,22?,23+,24?. The number of nitrogens with one attached hydrogen (secondary N) is 1. The number of ether oxygens (including phenoxy) is 1. The first-order valence-corrected chi connectivity index (χ1v) is 12.6. The first kappa shape index (κ1) is 23.6. The summed E-state index contributed by atoms with van der Waals surface area (Å²) < 4.78 is 6.56. The monoisotopic (exact) mass is 435 g/mol. The van der Waals surface area contributed by atoms with E-state index in [0.717, 1.165) is 56.6 Å². The number of aryl methyl sites for hydroxylation is 1. The van der Waals surface area contributed by atoms with Gasteiger partial charge in [-0.2, -0.15) is 0 Å². The molecule has 1 aromatic rings. The fraction of sp³-hybridized carbons (Fsp3) is 0.875. The average Bonchev–Trinajstić information content (AvgIpc) is 3.19. The Morgan fingerprint density at radius 3 is 2.30 bits per heavy atom. The Labute approximate surface area is 186 Å². The van der Waals surface area contributed by atoms with Gasteiger partial charge in [0, 0.05) is 17.9 Å². The van der Waals surface area contributed by atoms with Crippen LogP contribution in [0.15, 0.2) is 0 Å². The second kappa shape index (κ2) is 9.23. The van der Waals surface area contributed by atoms with Gasteiger partial charge in [0.15, 0.2) is 0 Å². The maximum Gasteiger partial charge on any atom is 0.217 e. The van der Waals surface area contributed by atoms with Gasteiger partial charge in [0.05, 0.1) is 12.2 Å². The molecule has 0 spiro atoms. The molecule has 2 aliphatic carbocycles. The number of rotatable bonds is 7. The lowest BCUT2D eigenvalue weighted by atomic mass is 9.70. The number of carbonyl (C=O) groups is 1. The second-order valence-corrected chi connectivity index (χ2v) is 11.8. The zero-order valence-corrected chi connectivity index (χ0v) is 20.7. The molecular formula is C24H41N3O2S. The van der Waals surface area contributed by atoms with Gasteiger partial charge >= 0.3 is 0 Å². The van der Waals surface area contributed by atoms with Gasteiger partial charge in [-0.25, -0.2) is 0 Å². The third-order valence-corrected chi connectivity index (χ3v) is 9.18. The Hall–Kier alpha value is -1.01. The summed E-state index contributed by atoms with van der Waals surface area (Å²) >= 11 is 1.79. The van der Waals surface area contributed by atoms with Gasteiger partial charge in [0.2, 0.25) is 5.91 Å². The largest absolute Gasteiger partial charge is 0.375 e. The minimum absolute atomic E-state index is 0.0224. The predicted molar refractivity (Wildman–Crippen MR) is 123 cm³/mol. The van der Waals surface area contributed by atoms with Crippen LogP contribution in [0.5, 0.6) is 0 Å². The molecule has 1 unspecified atom stereocenters.